The average molecular weight is 352 g/mol. The second kappa shape index (κ2) is 6.88. The van der Waals surface area contributed by atoms with E-state index in [4.69, 9.17) is 0 Å². The predicted molar refractivity (Wildman–Crippen MR) is 91.3 cm³/mol. The molecule has 1 N–H and O–H groups in total. The Morgan fingerprint density at radius 2 is 2.17 bits per heavy atom. The van der Waals surface area contributed by atoms with E-state index in [1.807, 2.05) is 40.5 Å². The molecular formula is C16H20N2O3S2. The van der Waals surface area contributed by atoms with Crippen LogP contribution >= 0.6 is 11.3 Å². The van der Waals surface area contributed by atoms with Crippen molar-refractivity contribution in [2.45, 2.75) is 18.9 Å². The molecule has 0 spiro atoms. The van der Waals surface area contributed by atoms with Gasteiger partial charge in [-0.25, -0.2) is 8.42 Å². The van der Waals surface area contributed by atoms with Crippen LogP contribution in [0.5, 0.6) is 0 Å². The minimum atomic E-state index is -2.89. The molecule has 0 aromatic carbocycles. The number of aromatic nitrogens is 1. The molecule has 1 amide bonds. The molecule has 1 saturated heterocycles. The SMILES string of the molecule is O=C(C[C@H](c1ccsc1)n1cccc1)NC[C@H]1CCS(=O)(=O)C1. The normalized spacial score (nSPS) is 21.1. The molecule has 3 rings (SSSR count). The van der Waals surface area contributed by atoms with Crippen molar-refractivity contribution in [3.63, 3.8) is 0 Å². The van der Waals surface area contributed by atoms with Gasteiger partial charge in [0.25, 0.3) is 0 Å². The molecule has 2 aromatic heterocycles. The molecule has 2 aromatic rings. The van der Waals surface area contributed by atoms with Crippen molar-refractivity contribution in [1.29, 1.82) is 0 Å². The summed E-state index contributed by atoms with van der Waals surface area (Å²) in [4.78, 5) is 12.3. The van der Waals surface area contributed by atoms with Gasteiger partial charge in [0, 0.05) is 18.9 Å². The van der Waals surface area contributed by atoms with Crippen molar-refractivity contribution in [1.82, 2.24) is 9.88 Å². The van der Waals surface area contributed by atoms with Gasteiger partial charge in [-0.15, -0.1) is 0 Å². The number of hydrogen-bond acceptors (Lipinski definition) is 4. The maximum Gasteiger partial charge on any atom is 0.222 e. The summed E-state index contributed by atoms with van der Waals surface area (Å²) in [7, 11) is -2.89. The summed E-state index contributed by atoms with van der Waals surface area (Å²) in [5, 5.41) is 6.97. The minimum absolute atomic E-state index is 0.0245. The van der Waals surface area contributed by atoms with Gasteiger partial charge in [0.2, 0.25) is 5.91 Å². The molecule has 0 unspecified atom stereocenters. The monoisotopic (exact) mass is 352 g/mol. The van der Waals surface area contributed by atoms with E-state index in [1.165, 1.54) is 0 Å². The highest BCUT2D eigenvalue weighted by molar-refractivity contribution is 7.91. The summed E-state index contributed by atoms with van der Waals surface area (Å²) in [6, 6.07) is 5.90. The lowest BCUT2D eigenvalue weighted by Crippen LogP contribution is -2.31. The third-order valence-corrected chi connectivity index (χ3v) is 6.75. The number of amides is 1. The van der Waals surface area contributed by atoms with Gasteiger partial charge in [-0.3, -0.25) is 4.79 Å². The zero-order valence-corrected chi connectivity index (χ0v) is 14.4. The smallest absolute Gasteiger partial charge is 0.222 e. The molecule has 1 aliphatic rings. The molecule has 5 nitrogen and oxygen atoms in total. The summed E-state index contributed by atoms with van der Waals surface area (Å²) in [6.07, 6.45) is 4.91. The van der Waals surface area contributed by atoms with Gasteiger partial charge >= 0.3 is 0 Å². The second-order valence-electron chi connectivity index (χ2n) is 5.98. The van der Waals surface area contributed by atoms with Crippen LogP contribution in [0.2, 0.25) is 0 Å². The Hall–Kier alpha value is -1.60. The van der Waals surface area contributed by atoms with Gasteiger partial charge in [-0.1, -0.05) is 0 Å². The Kier molecular flexibility index (Phi) is 4.87. The fourth-order valence-electron chi connectivity index (χ4n) is 2.95. The molecule has 0 aliphatic carbocycles. The van der Waals surface area contributed by atoms with Crippen LogP contribution in [-0.2, 0) is 14.6 Å². The van der Waals surface area contributed by atoms with Gasteiger partial charge in [0.05, 0.1) is 24.0 Å². The molecule has 0 bridgehead atoms. The molecule has 7 heteroatoms. The molecule has 0 radical (unpaired) electrons. The Morgan fingerprint density at radius 3 is 2.78 bits per heavy atom. The van der Waals surface area contributed by atoms with E-state index >= 15 is 0 Å². The van der Waals surface area contributed by atoms with E-state index in [0.29, 0.717) is 19.4 Å². The summed E-state index contributed by atoms with van der Waals surface area (Å²) in [6.45, 7) is 0.445. The van der Waals surface area contributed by atoms with Crippen molar-refractivity contribution < 1.29 is 13.2 Å². The van der Waals surface area contributed by atoms with E-state index in [1.54, 1.807) is 11.3 Å². The van der Waals surface area contributed by atoms with Crippen molar-refractivity contribution in [2.75, 3.05) is 18.1 Å². The van der Waals surface area contributed by atoms with Crippen molar-refractivity contribution in [3.8, 4) is 0 Å². The lowest BCUT2D eigenvalue weighted by molar-refractivity contribution is -0.121. The number of nitrogens with zero attached hydrogens (tertiary/aromatic N) is 1. The van der Waals surface area contributed by atoms with E-state index in [0.717, 1.165) is 5.56 Å². The summed E-state index contributed by atoms with van der Waals surface area (Å²) in [5.41, 5.74) is 1.12. The molecule has 124 valence electrons. The van der Waals surface area contributed by atoms with Crippen molar-refractivity contribution in [2.24, 2.45) is 5.92 Å². The van der Waals surface area contributed by atoms with Crippen LogP contribution < -0.4 is 5.32 Å². The lowest BCUT2D eigenvalue weighted by atomic mass is 10.1. The van der Waals surface area contributed by atoms with Crippen LogP contribution in [0, 0.1) is 5.92 Å². The molecule has 2 atom stereocenters. The van der Waals surface area contributed by atoms with Crippen LogP contribution in [0.15, 0.2) is 41.4 Å². The van der Waals surface area contributed by atoms with E-state index in [-0.39, 0.29) is 29.4 Å². The van der Waals surface area contributed by atoms with Crippen LogP contribution in [0.4, 0.5) is 0 Å². The fourth-order valence-corrected chi connectivity index (χ4v) is 5.52. The Bertz CT molecular complexity index is 702. The minimum Gasteiger partial charge on any atom is -0.356 e. The quantitative estimate of drug-likeness (QED) is 0.865. The first-order chi connectivity index (χ1) is 11.0. The highest BCUT2D eigenvalue weighted by Crippen LogP contribution is 2.24. The topological polar surface area (TPSA) is 68.2 Å². The van der Waals surface area contributed by atoms with Gasteiger partial charge in [-0.05, 0) is 46.9 Å². The summed E-state index contributed by atoms with van der Waals surface area (Å²) >= 11 is 1.61. The fraction of sp³-hybridized carbons (Fsp3) is 0.438. The van der Waals surface area contributed by atoms with E-state index in [9.17, 15) is 13.2 Å². The number of thiophene rings is 1. The molecular weight excluding hydrogens is 332 g/mol. The predicted octanol–water partition coefficient (Wildman–Crippen LogP) is 2.08. The zero-order chi connectivity index (χ0) is 16.3. The Labute approximate surface area is 140 Å². The number of nitrogens with one attached hydrogen (secondary N) is 1. The first kappa shape index (κ1) is 16.3. The number of sulfone groups is 1. The van der Waals surface area contributed by atoms with E-state index < -0.39 is 9.84 Å². The number of carbonyl (C=O) groups excluding carboxylic acids is 1. The van der Waals surface area contributed by atoms with Crippen molar-refractivity contribution in [3.05, 3.63) is 46.9 Å². The second-order valence-corrected chi connectivity index (χ2v) is 8.99. The summed E-state index contributed by atoms with van der Waals surface area (Å²) in [5.74, 6) is 0.446. The van der Waals surface area contributed by atoms with E-state index in [2.05, 4.69) is 10.7 Å². The summed E-state index contributed by atoms with van der Waals surface area (Å²) < 4.78 is 24.9. The third kappa shape index (κ3) is 4.23. The molecule has 0 saturated carbocycles. The maximum atomic E-state index is 12.3. The highest BCUT2D eigenvalue weighted by Gasteiger charge is 2.28. The van der Waals surface area contributed by atoms with Gasteiger partial charge < -0.3 is 9.88 Å². The first-order valence-electron chi connectivity index (χ1n) is 7.65. The van der Waals surface area contributed by atoms with Crippen LogP contribution in [-0.4, -0.2) is 36.9 Å². The molecule has 23 heavy (non-hydrogen) atoms. The molecule has 1 fully saturated rings. The number of carbonyl (C=O) groups is 1. The van der Waals surface area contributed by atoms with Gasteiger partial charge in [0.1, 0.15) is 0 Å². The third-order valence-electron chi connectivity index (χ3n) is 4.21. The maximum absolute atomic E-state index is 12.3. The van der Waals surface area contributed by atoms with Crippen LogP contribution in [0.3, 0.4) is 0 Å². The molecule has 1 aliphatic heterocycles. The van der Waals surface area contributed by atoms with Gasteiger partial charge in [-0.2, -0.15) is 11.3 Å². The first-order valence-corrected chi connectivity index (χ1v) is 10.4. The van der Waals surface area contributed by atoms with Crippen molar-refractivity contribution >= 4 is 27.1 Å². The standard InChI is InChI=1S/C16H20N2O3S2/c19-16(17-10-13-4-8-23(20,21)12-13)9-15(14-3-7-22-11-14)18-5-1-2-6-18/h1-3,5-7,11,13,15H,4,8-10,12H2,(H,17,19)/t13-,15-/m1/s1. The van der Waals surface area contributed by atoms with Crippen LogP contribution in [0.25, 0.3) is 0 Å². The lowest BCUT2D eigenvalue weighted by Gasteiger charge is -2.18. The highest BCUT2D eigenvalue weighted by atomic mass is 32.2. The Balaban J connectivity index is 1.59. The zero-order valence-electron chi connectivity index (χ0n) is 12.7. The average Bonchev–Trinajstić information content (AvgIpc) is 3.24. The van der Waals surface area contributed by atoms with Gasteiger partial charge in [0.15, 0.2) is 9.84 Å². The largest absolute Gasteiger partial charge is 0.356 e. The number of hydrogen-bond donors (Lipinski definition) is 1. The Morgan fingerprint density at radius 1 is 1.39 bits per heavy atom. The molecule has 3 heterocycles. The van der Waals surface area contributed by atoms with Crippen LogP contribution in [0.1, 0.15) is 24.4 Å². The number of rotatable bonds is 6.